The molecule has 100 valence electrons. The highest BCUT2D eigenvalue weighted by Gasteiger charge is 2.28. The molecule has 8 nitrogen and oxygen atoms in total. The Bertz CT molecular complexity index is 438. The molecule has 0 bridgehead atoms. The van der Waals surface area contributed by atoms with E-state index in [9.17, 15) is 10.1 Å². The van der Waals surface area contributed by atoms with Crippen molar-refractivity contribution in [3.05, 3.63) is 10.1 Å². The quantitative estimate of drug-likeness (QED) is 0.568. The highest BCUT2D eigenvalue weighted by Crippen LogP contribution is 2.21. The smallest absolute Gasteiger partial charge is 0.390 e. The van der Waals surface area contributed by atoms with E-state index < -0.39 is 4.92 Å². The van der Waals surface area contributed by atoms with Crippen molar-refractivity contribution in [3.63, 3.8) is 0 Å². The summed E-state index contributed by atoms with van der Waals surface area (Å²) in [5, 5.41) is 14.4. The zero-order valence-corrected chi connectivity index (χ0v) is 10.9. The maximum atomic E-state index is 10.7. The molecule has 0 unspecified atom stereocenters. The van der Waals surface area contributed by atoms with Crippen LogP contribution in [0.15, 0.2) is 0 Å². The van der Waals surface area contributed by atoms with Crippen LogP contribution in [0.1, 0.15) is 12.8 Å². The van der Waals surface area contributed by atoms with Gasteiger partial charge in [-0.25, -0.2) is 0 Å². The van der Waals surface area contributed by atoms with Crippen molar-refractivity contribution < 1.29 is 4.92 Å². The molecular weight excluding hydrogens is 236 g/mol. The molecule has 0 atom stereocenters. The monoisotopic (exact) mass is 254 g/mol. The van der Waals surface area contributed by atoms with Crippen LogP contribution in [0.2, 0.25) is 0 Å². The fourth-order valence-corrected chi connectivity index (χ4v) is 2.29. The first kappa shape index (κ1) is 12.7. The van der Waals surface area contributed by atoms with Gasteiger partial charge in [0.1, 0.15) is 0 Å². The number of nitrogens with zero attached hydrogens (tertiary/aromatic N) is 6. The molecule has 0 radical (unpaired) electrons. The summed E-state index contributed by atoms with van der Waals surface area (Å²) in [7, 11) is 5.70. The highest BCUT2D eigenvalue weighted by molar-refractivity contribution is 5.33. The number of hydrogen-bond acceptors (Lipinski definition) is 6. The van der Waals surface area contributed by atoms with Crippen LogP contribution < -0.4 is 4.90 Å². The molecule has 0 aromatic carbocycles. The topological polar surface area (TPSA) is 80.3 Å². The summed E-state index contributed by atoms with van der Waals surface area (Å²) in [4.78, 5) is 18.3. The third-order valence-electron chi connectivity index (χ3n) is 3.44. The van der Waals surface area contributed by atoms with Crippen molar-refractivity contribution in [2.75, 3.05) is 32.1 Å². The molecule has 1 aliphatic heterocycles. The number of aryl methyl sites for hydroxylation is 1. The van der Waals surface area contributed by atoms with Gasteiger partial charge in [0.15, 0.2) is 0 Å². The zero-order valence-electron chi connectivity index (χ0n) is 10.9. The van der Waals surface area contributed by atoms with Crippen LogP contribution in [0.5, 0.6) is 0 Å². The molecule has 0 saturated carbocycles. The Hall–Kier alpha value is -1.70. The summed E-state index contributed by atoms with van der Waals surface area (Å²) in [6.07, 6.45) is 2.07. The minimum absolute atomic E-state index is 0.340. The first-order valence-electron chi connectivity index (χ1n) is 5.96. The Labute approximate surface area is 105 Å². The minimum atomic E-state index is -0.564. The molecule has 0 spiro atoms. The molecule has 0 N–H and O–H groups in total. The van der Waals surface area contributed by atoms with Gasteiger partial charge in [-0.1, -0.05) is 0 Å². The van der Waals surface area contributed by atoms with Gasteiger partial charge in [0, 0.05) is 25.2 Å². The Kier molecular flexibility index (Phi) is 3.46. The summed E-state index contributed by atoms with van der Waals surface area (Å²) in [6, 6.07) is 0.365. The fourth-order valence-electron chi connectivity index (χ4n) is 2.29. The van der Waals surface area contributed by atoms with E-state index in [4.69, 9.17) is 0 Å². The molecule has 1 fully saturated rings. The molecule has 1 aromatic rings. The van der Waals surface area contributed by atoms with Crippen LogP contribution in [-0.4, -0.2) is 57.8 Å². The Morgan fingerprint density at radius 1 is 1.39 bits per heavy atom. The maximum absolute atomic E-state index is 10.7. The maximum Gasteiger partial charge on any atom is 0.493 e. The third-order valence-corrected chi connectivity index (χ3v) is 3.44. The predicted molar refractivity (Wildman–Crippen MR) is 66.6 cm³/mol. The average molecular weight is 254 g/mol. The van der Waals surface area contributed by atoms with Crippen LogP contribution in [0.3, 0.4) is 0 Å². The lowest BCUT2D eigenvalue weighted by molar-refractivity contribution is -0.394. The Morgan fingerprint density at radius 3 is 2.50 bits per heavy atom. The number of nitro groups is 1. The summed E-state index contributed by atoms with van der Waals surface area (Å²) >= 11 is 0. The van der Waals surface area contributed by atoms with E-state index in [1.165, 1.54) is 4.68 Å². The van der Waals surface area contributed by atoms with E-state index >= 15 is 0 Å². The van der Waals surface area contributed by atoms with Gasteiger partial charge >= 0.3 is 11.9 Å². The molecule has 1 aliphatic rings. The number of anilines is 1. The number of rotatable bonds is 3. The van der Waals surface area contributed by atoms with Crippen LogP contribution >= 0.6 is 0 Å². The van der Waals surface area contributed by atoms with Crippen molar-refractivity contribution >= 4 is 11.9 Å². The Morgan fingerprint density at radius 2 is 2.00 bits per heavy atom. The molecule has 2 heterocycles. The van der Waals surface area contributed by atoms with Crippen LogP contribution in [-0.2, 0) is 7.05 Å². The fraction of sp³-hybridized carbons (Fsp3) is 0.800. The summed E-state index contributed by atoms with van der Waals surface area (Å²) in [5.41, 5.74) is 0. The molecule has 0 aliphatic carbocycles. The number of hydrogen-bond donors (Lipinski definition) is 0. The summed E-state index contributed by atoms with van der Waals surface area (Å²) in [6.45, 7) is 2.07. The molecule has 1 saturated heterocycles. The van der Waals surface area contributed by atoms with Gasteiger partial charge in [-0.05, 0) is 42.9 Å². The summed E-state index contributed by atoms with van der Waals surface area (Å²) in [5.74, 6) is 0.212. The van der Waals surface area contributed by atoms with Gasteiger partial charge in [0.2, 0.25) is 0 Å². The SMILES string of the molecule is CN1CCC(N(C)c2nc([N+](=O)[O-])nn2C)CC1. The van der Waals surface area contributed by atoms with Gasteiger partial charge in [0.25, 0.3) is 0 Å². The highest BCUT2D eigenvalue weighted by atomic mass is 16.6. The first-order chi connectivity index (χ1) is 8.49. The standard InChI is InChI=1S/C10H18N6O2/c1-13-6-4-8(5-7-13)14(2)10-11-9(16(17)18)12-15(10)3/h8H,4-7H2,1-3H3. The Balaban J connectivity index is 2.13. The van der Waals surface area contributed by atoms with Crippen LogP contribution in [0.4, 0.5) is 11.9 Å². The number of piperidine rings is 1. The molecule has 1 aromatic heterocycles. The van der Waals surface area contributed by atoms with E-state index in [0.29, 0.717) is 12.0 Å². The number of aromatic nitrogens is 3. The molecule has 8 heteroatoms. The second kappa shape index (κ2) is 4.89. The van der Waals surface area contributed by atoms with Gasteiger partial charge in [-0.3, -0.25) is 0 Å². The summed E-state index contributed by atoms with van der Waals surface area (Å²) < 4.78 is 1.47. The molecule has 18 heavy (non-hydrogen) atoms. The van der Waals surface area contributed by atoms with E-state index in [0.717, 1.165) is 25.9 Å². The normalized spacial score (nSPS) is 17.9. The van der Waals surface area contributed by atoms with Gasteiger partial charge < -0.3 is 19.9 Å². The molecule has 0 amide bonds. The van der Waals surface area contributed by atoms with E-state index in [-0.39, 0.29) is 5.95 Å². The van der Waals surface area contributed by atoms with E-state index in [2.05, 4.69) is 22.0 Å². The van der Waals surface area contributed by atoms with E-state index in [1.807, 2.05) is 11.9 Å². The van der Waals surface area contributed by atoms with Crippen molar-refractivity contribution in [2.24, 2.45) is 7.05 Å². The molecular formula is C10H18N6O2. The lowest BCUT2D eigenvalue weighted by Crippen LogP contribution is -2.42. The van der Waals surface area contributed by atoms with Gasteiger partial charge in [-0.15, -0.1) is 0 Å². The first-order valence-corrected chi connectivity index (χ1v) is 5.96. The lowest BCUT2D eigenvalue weighted by atomic mass is 10.0. The third kappa shape index (κ3) is 2.42. The minimum Gasteiger partial charge on any atom is -0.390 e. The largest absolute Gasteiger partial charge is 0.493 e. The van der Waals surface area contributed by atoms with Crippen molar-refractivity contribution in [1.29, 1.82) is 0 Å². The van der Waals surface area contributed by atoms with Crippen molar-refractivity contribution in [1.82, 2.24) is 19.7 Å². The van der Waals surface area contributed by atoms with Gasteiger partial charge in [-0.2, -0.15) is 4.68 Å². The second-order valence-electron chi connectivity index (χ2n) is 4.74. The van der Waals surface area contributed by atoms with Gasteiger partial charge in [0.05, 0.1) is 0 Å². The molecule has 2 rings (SSSR count). The predicted octanol–water partition coefficient (Wildman–Crippen LogP) is 0.254. The average Bonchev–Trinajstić information content (AvgIpc) is 2.71. The van der Waals surface area contributed by atoms with E-state index in [1.54, 1.807) is 7.05 Å². The van der Waals surface area contributed by atoms with Crippen molar-refractivity contribution in [2.45, 2.75) is 18.9 Å². The van der Waals surface area contributed by atoms with Crippen LogP contribution in [0.25, 0.3) is 0 Å². The number of likely N-dealkylation sites (tertiary alicyclic amines) is 1. The second-order valence-corrected chi connectivity index (χ2v) is 4.74. The zero-order chi connectivity index (χ0) is 13.3. The lowest BCUT2D eigenvalue weighted by Gasteiger charge is -2.34. The van der Waals surface area contributed by atoms with Crippen LogP contribution in [0, 0.1) is 10.1 Å². The van der Waals surface area contributed by atoms with Crippen molar-refractivity contribution in [3.8, 4) is 0 Å².